The van der Waals surface area contributed by atoms with Gasteiger partial charge in [0.15, 0.2) is 0 Å². The van der Waals surface area contributed by atoms with Crippen molar-refractivity contribution in [1.82, 2.24) is 5.32 Å². The van der Waals surface area contributed by atoms with E-state index in [4.69, 9.17) is 4.74 Å². The third kappa shape index (κ3) is 3.84. The number of nitrogens with one attached hydrogen (secondary N) is 1. The zero-order chi connectivity index (χ0) is 14.5. The molecule has 0 aliphatic heterocycles. The van der Waals surface area contributed by atoms with Gasteiger partial charge in [-0.15, -0.1) is 11.3 Å². The van der Waals surface area contributed by atoms with Gasteiger partial charge in [-0.05, 0) is 53.0 Å². The number of aryl methyl sites for hydroxylation is 1. The van der Waals surface area contributed by atoms with Gasteiger partial charge in [0.2, 0.25) is 0 Å². The lowest BCUT2D eigenvalue weighted by molar-refractivity contribution is 0.0958. The first-order valence-corrected chi connectivity index (χ1v) is 7.88. The number of rotatable bonds is 5. The SMILES string of the molecule is COc1ccc(C)cc1CCNC(=O)c1ccc(Br)s1. The molecule has 0 spiro atoms. The van der Waals surface area contributed by atoms with Crippen LogP contribution in [-0.4, -0.2) is 19.6 Å². The van der Waals surface area contributed by atoms with E-state index in [2.05, 4.69) is 27.3 Å². The number of amides is 1. The first kappa shape index (κ1) is 15.1. The van der Waals surface area contributed by atoms with Gasteiger partial charge in [-0.25, -0.2) is 0 Å². The highest BCUT2D eigenvalue weighted by Crippen LogP contribution is 2.22. The van der Waals surface area contributed by atoms with Crippen LogP contribution in [0.25, 0.3) is 0 Å². The third-order valence-electron chi connectivity index (χ3n) is 2.91. The molecule has 0 radical (unpaired) electrons. The van der Waals surface area contributed by atoms with Gasteiger partial charge in [0.05, 0.1) is 15.8 Å². The fourth-order valence-corrected chi connectivity index (χ4v) is 3.24. The van der Waals surface area contributed by atoms with Crippen LogP contribution in [0.1, 0.15) is 20.8 Å². The molecule has 1 aromatic carbocycles. The van der Waals surface area contributed by atoms with Crippen molar-refractivity contribution in [3.8, 4) is 5.75 Å². The molecule has 0 aliphatic carbocycles. The van der Waals surface area contributed by atoms with Crippen LogP contribution < -0.4 is 10.1 Å². The quantitative estimate of drug-likeness (QED) is 0.887. The molecule has 0 fully saturated rings. The molecule has 0 atom stereocenters. The van der Waals surface area contributed by atoms with Gasteiger partial charge < -0.3 is 10.1 Å². The summed E-state index contributed by atoms with van der Waals surface area (Å²) in [7, 11) is 1.66. The molecule has 0 saturated heterocycles. The predicted octanol–water partition coefficient (Wildman–Crippen LogP) is 3.80. The Hall–Kier alpha value is -1.33. The summed E-state index contributed by atoms with van der Waals surface area (Å²) in [6.45, 7) is 2.64. The standard InChI is InChI=1S/C15H16BrNO2S/c1-10-3-4-12(19-2)11(9-10)7-8-17-15(18)13-5-6-14(16)20-13/h3-6,9H,7-8H2,1-2H3,(H,17,18). The Balaban J connectivity index is 1.93. The number of hydrogen-bond acceptors (Lipinski definition) is 3. The Morgan fingerprint density at radius 2 is 2.15 bits per heavy atom. The maximum Gasteiger partial charge on any atom is 0.261 e. The van der Waals surface area contributed by atoms with Gasteiger partial charge in [-0.1, -0.05) is 17.7 Å². The highest BCUT2D eigenvalue weighted by molar-refractivity contribution is 9.11. The van der Waals surface area contributed by atoms with Gasteiger partial charge in [0.1, 0.15) is 5.75 Å². The van der Waals surface area contributed by atoms with Crippen molar-refractivity contribution in [3.05, 3.63) is 50.1 Å². The second-order valence-corrected chi connectivity index (χ2v) is 6.89. The largest absolute Gasteiger partial charge is 0.496 e. The lowest BCUT2D eigenvalue weighted by Crippen LogP contribution is -2.24. The van der Waals surface area contributed by atoms with Gasteiger partial charge in [0, 0.05) is 6.54 Å². The highest BCUT2D eigenvalue weighted by Gasteiger charge is 2.09. The number of carbonyl (C=O) groups is 1. The molecular formula is C15H16BrNO2S. The smallest absolute Gasteiger partial charge is 0.261 e. The number of thiophene rings is 1. The van der Waals surface area contributed by atoms with Crippen molar-refractivity contribution in [2.45, 2.75) is 13.3 Å². The number of carbonyl (C=O) groups excluding carboxylic acids is 1. The van der Waals surface area contributed by atoms with Gasteiger partial charge in [-0.2, -0.15) is 0 Å². The fourth-order valence-electron chi connectivity index (χ4n) is 1.94. The molecule has 5 heteroatoms. The number of methoxy groups -OCH3 is 1. The van der Waals surface area contributed by atoms with Crippen molar-refractivity contribution in [2.24, 2.45) is 0 Å². The lowest BCUT2D eigenvalue weighted by atomic mass is 10.1. The molecule has 0 saturated carbocycles. The molecule has 1 aromatic heterocycles. The summed E-state index contributed by atoms with van der Waals surface area (Å²) in [6.07, 6.45) is 0.753. The van der Waals surface area contributed by atoms with Gasteiger partial charge in [0.25, 0.3) is 5.91 Å². The summed E-state index contributed by atoms with van der Waals surface area (Å²) in [5.41, 5.74) is 2.30. The molecule has 0 unspecified atom stereocenters. The van der Waals surface area contributed by atoms with Crippen molar-refractivity contribution in [2.75, 3.05) is 13.7 Å². The highest BCUT2D eigenvalue weighted by atomic mass is 79.9. The van der Waals surface area contributed by atoms with E-state index in [1.165, 1.54) is 16.9 Å². The average molecular weight is 354 g/mol. The summed E-state index contributed by atoms with van der Waals surface area (Å²) in [5.74, 6) is 0.830. The summed E-state index contributed by atoms with van der Waals surface area (Å²) in [5, 5.41) is 2.93. The minimum atomic E-state index is -0.0349. The molecule has 1 amide bonds. The van der Waals surface area contributed by atoms with Crippen molar-refractivity contribution in [3.63, 3.8) is 0 Å². The van der Waals surface area contributed by atoms with E-state index in [0.717, 1.165) is 21.5 Å². The summed E-state index contributed by atoms with van der Waals surface area (Å²) in [6, 6.07) is 9.76. The summed E-state index contributed by atoms with van der Waals surface area (Å²) in [4.78, 5) is 12.6. The zero-order valence-corrected chi connectivity index (χ0v) is 13.8. The summed E-state index contributed by atoms with van der Waals surface area (Å²) < 4.78 is 6.29. The van der Waals surface area contributed by atoms with Crippen LogP contribution >= 0.6 is 27.3 Å². The Morgan fingerprint density at radius 1 is 1.35 bits per heavy atom. The second kappa shape index (κ2) is 6.90. The molecule has 106 valence electrons. The normalized spacial score (nSPS) is 10.3. The van der Waals surface area contributed by atoms with Crippen molar-refractivity contribution in [1.29, 1.82) is 0 Å². The number of hydrogen-bond donors (Lipinski definition) is 1. The van der Waals surface area contributed by atoms with Crippen LogP contribution in [0.5, 0.6) is 5.75 Å². The lowest BCUT2D eigenvalue weighted by Gasteiger charge is -2.10. The molecule has 0 aliphatic rings. The number of halogens is 1. The molecule has 0 bridgehead atoms. The van der Waals surface area contributed by atoms with Crippen LogP contribution in [0.4, 0.5) is 0 Å². The summed E-state index contributed by atoms with van der Waals surface area (Å²) >= 11 is 4.79. The van der Waals surface area contributed by atoms with E-state index in [1.54, 1.807) is 7.11 Å². The zero-order valence-electron chi connectivity index (χ0n) is 11.4. The van der Waals surface area contributed by atoms with Gasteiger partial charge >= 0.3 is 0 Å². The molecule has 2 rings (SSSR count). The maximum absolute atomic E-state index is 11.9. The molecule has 1 N–H and O–H groups in total. The Kier molecular flexibility index (Phi) is 5.20. The molecule has 20 heavy (non-hydrogen) atoms. The maximum atomic E-state index is 11.9. The predicted molar refractivity (Wildman–Crippen MR) is 85.8 cm³/mol. The van der Waals surface area contributed by atoms with Crippen LogP contribution in [0.2, 0.25) is 0 Å². The fraction of sp³-hybridized carbons (Fsp3) is 0.267. The van der Waals surface area contributed by atoms with Crippen molar-refractivity contribution >= 4 is 33.2 Å². The average Bonchev–Trinajstić information content (AvgIpc) is 2.86. The monoisotopic (exact) mass is 353 g/mol. The molecule has 3 nitrogen and oxygen atoms in total. The van der Waals surface area contributed by atoms with E-state index in [0.29, 0.717) is 11.4 Å². The number of benzene rings is 1. The first-order valence-electron chi connectivity index (χ1n) is 6.27. The van der Waals surface area contributed by atoms with E-state index in [-0.39, 0.29) is 5.91 Å². The first-order chi connectivity index (χ1) is 9.60. The molecule has 2 aromatic rings. The minimum absolute atomic E-state index is 0.0349. The topological polar surface area (TPSA) is 38.3 Å². The molecule has 1 heterocycles. The van der Waals surface area contributed by atoms with E-state index in [1.807, 2.05) is 31.2 Å². The van der Waals surface area contributed by atoms with Crippen molar-refractivity contribution < 1.29 is 9.53 Å². The Morgan fingerprint density at radius 3 is 2.80 bits per heavy atom. The third-order valence-corrected chi connectivity index (χ3v) is 4.54. The van der Waals surface area contributed by atoms with E-state index < -0.39 is 0 Å². The Labute approximate surface area is 131 Å². The van der Waals surface area contributed by atoms with Crippen LogP contribution in [0.3, 0.4) is 0 Å². The van der Waals surface area contributed by atoms with Crippen LogP contribution in [-0.2, 0) is 6.42 Å². The Bertz CT molecular complexity index is 610. The minimum Gasteiger partial charge on any atom is -0.496 e. The van der Waals surface area contributed by atoms with E-state index >= 15 is 0 Å². The van der Waals surface area contributed by atoms with E-state index in [9.17, 15) is 4.79 Å². The van der Waals surface area contributed by atoms with Crippen LogP contribution in [0, 0.1) is 6.92 Å². The second-order valence-electron chi connectivity index (χ2n) is 4.42. The van der Waals surface area contributed by atoms with Gasteiger partial charge in [-0.3, -0.25) is 4.79 Å². The molecular weight excluding hydrogens is 338 g/mol. The number of ether oxygens (including phenoxy) is 1. The van der Waals surface area contributed by atoms with Crippen LogP contribution in [0.15, 0.2) is 34.1 Å².